The molecule has 0 unspecified atom stereocenters. The van der Waals surface area contributed by atoms with E-state index in [0.717, 1.165) is 28.5 Å². The fourth-order valence-corrected chi connectivity index (χ4v) is 2.83. The van der Waals surface area contributed by atoms with Gasteiger partial charge in [0.25, 0.3) is 5.91 Å². The van der Waals surface area contributed by atoms with Crippen molar-refractivity contribution in [3.63, 3.8) is 0 Å². The van der Waals surface area contributed by atoms with E-state index in [4.69, 9.17) is 9.84 Å². The number of aromatic carboxylic acids is 1. The number of methoxy groups -OCH3 is 1. The fraction of sp³-hybridized carbons (Fsp3) is 0.263. The van der Waals surface area contributed by atoms with Gasteiger partial charge in [-0.2, -0.15) is 0 Å². The van der Waals surface area contributed by atoms with Crippen LogP contribution in [0.2, 0.25) is 0 Å². The third kappa shape index (κ3) is 3.96. The Labute approximate surface area is 145 Å². The van der Waals surface area contributed by atoms with Gasteiger partial charge >= 0.3 is 5.97 Å². The molecule has 1 amide bonds. The van der Waals surface area contributed by atoms with Crippen LogP contribution >= 0.6 is 0 Å². The third-order valence-corrected chi connectivity index (χ3v) is 3.94. The lowest BCUT2D eigenvalue weighted by Gasteiger charge is -2.19. The molecular weight excluding hydrogens is 325 g/mol. The van der Waals surface area contributed by atoms with Crippen LogP contribution in [-0.4, -0.2) is 36.0 Å². The third-order valence-electron chi connectivity index (χ3n) is 3.94. The molecule has 25 heavy (non-hydrogen) atoms. The zero-order valence-electron chi connectivity index (χ0n) is 14.6. The molecule has 0 atom stereocenters. The molecule has 0 aliphatic carbocycles. The van der Waals surface area contributed by atoms with E-state index in [-0.39, 0.29) is 11.1 Å². The Hall–Kier alpha value is -2.89. The van der Waals surface area contributed by atoms with Crippen LogP contribution in [-0.2, 0) is 6.54 Å². The molecule has 132 valence electrons. The number of benzene rings is 2. The fourth-order valence-electron chi connectivity index (χ4n) is 2.83. The van der Waals surface area contributed by atoms with E-state index in [1.807, 2.05) is 26.0 Å². The monoisotopic (exact) mass is 345 g/mol. The topological polar surface area (TPSA) is 66.8 Å². The minimum absolute atomic E-state index is 0.158. The van der Waals surface area contributed by atoms with Gasteiger partial charge in [-0.1, -0.05) is 12.1 Å². The number of rotatable bonds is 5. The summed E-state index contributed by atoms with van der Waals surface area (Å²) in [6.07, 6.45) is 0. The molecule has 0 spiro atoms. The first kappa shape index (κ1) is 18.4. The Morgan fingerprint density at radius 3 is 2.24 bits per heavy atom. The van der Waals surface area contributed by atoms with Crippen LogP contribution < -0.4 is 4.74 Å². The van der Waals surface area contributed by atoms with Crippen molar-refractivity contribution >= 4 is 11.9 Å². The van der Waals surface area contributed by atoms with E-state index in [9.17, 15) is 14.0 Å². The molecule has 0 bridgehead atoms. The van der Waals surface area contributed by atoms with Gasteiger partial charge in [-0.25, -0.2) is 9.18 Å². The highest BCUT2D eigenvalue weighted by atomic mass is 19.1. The summed E-state index contributed by atoms with van der Waals surface area (Å²) in [6.45, 7) is 4.13. The van der Waals surface area contributed by atoms with E-state index in [1.165, 1.54) is 17.0 Å². The second kappa shape index (κ2) is 7.34. The smallest absolute Gasteiger partial charge is 0.335 e. The summed E-state index contributed by atoms with van der Waals surface area (Å²) in [5, 5.41) is 8.87. The van der Waals surface area contributed by atoms with E-state index >= 15 is 0 Å². The highest BCUT2D eigenvalue weighted by Crippen LogP contribution is 2.25. The minimum atomic E-state index is -1.24. The molecule has 0 heterocycles. The Bertz CT molecular complexity index is 809. The summed E-state index contributed by atoms with van der Waals surface area (Å²) in [6, 6.07) is 7.10. The highest BCUT2D eigenvalue weighted by molar-refractivity contribution is 5.96. The maximum atomic E-state index is 14.1. The number of ether oxygens (including phenoxy) is 1. The number of hydrogen-bond acceptors (Lipinski definition) is 3. The van der Waals surface area contributed by atoms with Crippen LogP contribution in [0.5, 0.6) is 5.75 Å². The van der Waals surface area contributed by atoms with Crippen molar-refractivity contribution in [3.8, 4) is 5.75 Å². The minimum Gasteiger partial charge on any atom is -0.496 e. The van der Waals surface area contributed by atoms with Gasteiger partial charge in [0.1, 0.15) is 11.6 Å². The number of nitrogens with zero attached hydrogens (tertiary/aromatic N) is 1. The van der Waals surface area contributed by atoms with Crippen LogP contribution in [0.4, 0.5) is 4.39 Å². The van der Waals surface area contributed by atoms with E-state index < -0.39 is 17.7 Å². The number of aryl methyl sites for hydroxylation is 2. The highest BCUT2D eigenvalue weighted by Gasteiger charge is 2.18. The summed E-state index contributed by atoms with van der Waals surface area (Å²) in [7, 11) is 3.18. The van der Waals surface area contributed by atoms with Gasteiger partial charge in [-0.15, -0.1) is 0 Å². The Kier molecular flexibility index (Phi) is 5.41. The van der Waals surface area contributed by atoms with Crippen molar-refractivity contribution in [1.29, 1.82) is 0 Å². The first-order valence-electron chi connectivity index (χ1n) is 7.67. The molecule has 0 fully saturated rings. The summed E-state index contributed by atoms with van der Waals surface area (Å²) in [5.74, 6) is -1.80. The molecular formula is C19H20FNO4. The van der Waals surface area contributed by atoms with Gasteiger partial charge in [0, 0.05) is 13.6 Å². The lowest BCUT2D eigenvalue weighted by molar-refractivity contribution is 0.0693. The van der Waals surface area contributed by atoms with Crippen molar-refractivity contribution in [2.45, 2.75) is 20.4 Å². The molecule has 0 aromatic heterocycles. The molecule has 2 aromatic rings. The predicted octanol–water partition coefficient (Wildman–Crippen LogP) is 3.42. The number of carbonyl (C=O) groups excluding carboxylic acids is 1. The van der Waals surface area contributed by atoms with E-state index in [2.05, 4.69) is 0 Å². The van der Waals surface area contributed by atoms with Gasteiger partial charge in [0.05, 0.1) is 18.2 Å². The first-order valence-corrected chi connectivity index (χ1v) is 7.67. The Morgan fingerprint density at radius 2 is 1.76 bits per heavy atom. The van der Waals surface area contributed by atoms with Crippen molar-refractivity contribution in [2.75, 3.05) is 14.2 Å². The van der Waals surface area contributed by atoms with Crippen LogP contribution in [0.1, 0.15) is 37.4 Å². The first-order chi connectivity index (χ1) is 11.7. The quantitative estimate of drug-likeness (QED) is 0.902. The SMILES string of the molecule is COc1c(C)cc(CN(C)C(=O)c2ccc(C(=O)O)cc2F)cc1C. The second-order valence-electron chi connectivity index (χ2n) is 5.92. The standard InChI is InChI=1S/C19H20FNO4/c1-11-7-13(8-12(2)17(11)25-4)10-21(3)18(22)15-6-5-14(19(23)24)9-16(15)20/h5-9H,10H2,1-4H3,(H,23,24). The van der Waals surface area contributed by atoms with Crippen molar-refractivity contribution in [3.05, 3.63) is 64.0 Å². The molecule has 0 aliphatic rings. The van der Waals surface area contributed by atoms with Gasteiger partial charge in [0.15, 0.2) is 0 Å². The molecule has 0 saturated carbocycles. The molecule has 0 radical (unpaired) electrons. The van der Waals surface area contributed by atoms with Crippen LogP contribution in [0.25, 0.3) is 0 Å². The molecule has 6 heteroatoms. The van der Waals surface area contributed by atoms with Crippen molar-refractivity contribution in [1.82, 2.24) is 4.90 Å². The number of carboxylic acid groups (broad SMARTS) is 1. The molecule has 2 rings (SSSR count). The molecule has 0 aliphatic heterocycles. The number of carboxylic acids is 1. The Morgan fingerprint density at radius 1 is 1.16 bits per heavy atom. The average molecular weight is 345 g/mol. The number of carbonyl (C=O) groups is 2. The number of amides is 1. The number of hydrogen-bond donors (Lipinski definition) is 1. The average Bonchev–Trinajstić information content (AvgIpc) is 2.53. The Balaban J connectivity index is 2.22. The number of halogens is 1. The lowest BCUT2D eigenvalue weighted by atomic mass is 10.0. The van der Waals surface area contributed by atoms with Crippen LogP contribution in [0.3, 0.4) is 0 Å². The van der Waals surface area contributed by atoms with Crippen molar-refractivity contribution < 1.29 is 23.8 Å². The molecule has 5 nitrogen and oxygen atoms in total. The summed E-state index contributed by atoms with van der Waals surface area (Å²) < 4.78 is 19.4. The maximum absolute atomic E-state index is 14.1. The summed E-state index contributed by atoms with van der Waals surface area (Å²) in [5.41, 5.74) is 2.45. The summed E-state index contributed by atoms with van der Waals surface area (Å²) >= 11 is 0. The lowest BCUT2D eigenvalue weighted by Crippen LogP contribution is -2.27. The van der Waals surface area contributed by atoms with E-state index in [1.54, 1.807) is 14.2 Å². The van der Waals surface area contributed by atoms with Crippen molar-refractivity contribution in [2.24, 2.45) is 0 Å². The van der Waals surface area contributed by atoms with Gasteiger partial charge < -0.3 is 14.7 Å². The van der Waals surface area contributed by atoms with Crippen LogP contribution in [0.15, 0.2) is 30.3 Å². The largest absolute Gasteiger partial charge is 0.496 e. The van der Waals surface area contributed by atoms with E-state index in [0.29, 0.717) is 6.54 Å². The second-order valence-corrected chi connectivity index (χ2v) is 5.92. The molecule has 2 aromatic carbocycles. The predicted molar refractivity (Wildman–Crippen MR) is 91.6 cm³/mol. The molecule has 1 N–H and O–H groups in total. The maximum Gasteiger partial charge on any atom is 0.335 e. The zero-order chi connectivity index (χ0) is 18.7. The van der Waals surface area contributed by atoms with Gasteiger partial charge in [-0.05, 0) is 48.7 Å². The summed E-state index contributed by atoms with van der Waals surface area (Å²) in [4.78, 5) is 24.7. The normalized spacial score (nSPS) is 10.4. The van der Waals surface area contributed by atoms with Crippen LogP contribution in [0, 0.1) is 19.7 Å². The zero-order valence-corrected chi connectivity index (χ0v) is 14.6. The molecule has 0 saturated heterocycles. The van der Waals surface area contributed by atoms with Gasteiger partial charge in [0.2, 0.25) is 0 Å². The van der Waals surface area contributed by atoms with Gasteiger partial charge in [-0.3, -0.25) is 4.79 Å².